The van der Waals surface area contributed by atoms with E-state index in [1.54, 1.807) is 25.1 Å². The molecule has 0 atom stereocenters. The highest BCUT2D eigenvalue weighted by Crippen LogP contribution is 2.29. The number of benzene rings is 1. The zero-order chi connectivity index (χ0) is 24.7. The molecule has 0 saturated heterocycles. The molecule has 1 aromatic rings. The number of methoxy groups -OCH3 is 1. The summed E-state index contributed by atoms with van der Waals surface area (Å²) in [5, 5.41) is 0. The molecule has 0 fully saturated rings. The topological polar surface area (TPSA) is 71.1 Å². The van der Waals surface area contributed by atoms with Crippen molar-refractivity contribution in [3.05, 3.63) is 42.0 Å². The number of unbranched alkanes of at least 4 members (excludes halogenated alkanes) is 5. The van der Waals surface area contributed by atoms with Crippen LogP contribution in [0.25, 0.3) is 6.08 Å². The minimum Gasteiger partial charge on any atom is -0.493 e. The molecule has 1 rings (SSSR count). The molecule has 0 bridgehead atoms. The Morgan fingerprint density at radius 2 is 1.61 bits per heavy atom. The van der Waals surface area contributed by atoms with Crippen LogP contribution in [0.2, 0.25) is 0 Å². The molecular weight excluding hydrogens is 441 g/mol. The normalized spacial score (nSPS) is 11.3. The van der Waals surface area contributed by atoms with E-state index in [1.807, 2.05) is 0 Å². The molecule has 0 N–H and O–H groups in total. The second-order valence-corrected chi connectivity index (χ2v) is 7.35. The van der Waals surface area contributed by atoms with Crippen LogP contribution >= 0.6 is 0 Å². The Bertz CT molecular complexity index is 802. The van der Waals surface area contributed by atoms with Crippen LogP contribution in [0.3, 0.4) is 0 Å². The molecule has 0 unspecified atom stereocenters. The van der Waals surface area contributed by atoms with Crippen molar-refractivity contribution in [3.63, 3.8) is 0 Å². The van der Waals surface area contributed by atoms with Crippen LogP contribution in [0.4, 0.5) is 13.2 Å². The number of hydrogen-bond donors (Lipinski definition) is 0. The molecular formula is C24H31F3O6. The Balaban J connectivity index is 2.28. The van der Waals surface area contributed by atoms with Crippen molar-refractivity contribution in [3.8, 4) is 11.5 Å². The summed E-state index contributed by atoms with van der Waals surface area (Å²) in [6, 6.07) is 4.95. The van der Waals surface area contributed by atoms with E-state index < -0.39 is 18.8 Å². The van der Waals surface area contributed by atoms with Crippen molar-refractivity contribution in [1.82, 2.24) is 0 Å². The van der Waals surface area contributed by atoms with E-state index in [9.17, 15) is 22.8 Å². The Morgan fingerprint density at radius 1 is 0.970 bits per heavy atom. The number of carbonyl (C=O) groups excluding carboxylic acids is 2. The molecule has 184 valence electrons. The summed E-state index contributed by atoms with van der Waals surface area (Å²) < 4.78 is 56.3. The monoisotopic (exact) mass is 472 g/mol. The van der Waals surface area contributed by atoms with Crippen LogP contribution in [0.5, 0.6) is 11.5 Å². The lowest BCUT2D eigenvalue weighted by Crippen LogP contribution is -2.19. The SMILES string of the molecule is C=C(C)C(=O)OCCCCCCCCOc1ccc(/C=C/C(=O)OCC(F)(F)F)cc1OC. The van der Waals surface area contributed by atoms with E-state index in [0.29, 0.717) is 35.8 Å². The van der Waals surface area contributed by atoms with Crippen LogP contribution < -0.4 is 9.47 Å². The molecule has 33 heavy (non-hydrogen) atoms. The number of rotatable bonds is 15. The van der Waals surface area contributed by atoms with Crippen molar-refractivity contribution in [2.45, 2.75) is 51.6 Å². The average molecular weight is 473 g/mol. The predicted octanol–water partition coefficient (Wildman–Crippen LogP) is 5.65. The van der Waals surface area contributed by atoms with Gasteiger partial charge in [-0.3, -0.25) is 0 Å². The smallest absolute Gasteiger partial charge is 0.422 e. The third kappa shape index (κ3) is 13.2. The minimum atomic E-state index is -4.56. The second-order valence-electron chi connectivity index (χ2n) is 7.35. The quantitative estimate of drug-likeness (QED) is 0.187. The first kappa shape index (κ1) is 28.1. The Hall–Kier alpha value is -2.97. The average Bonchev–Trinajstić information content (AvgIpc) is 2.77. The number of ether oxygens (including phenoxy) is 4. The van der Waals surface area contributed by atoms with Crippen LogP contribution in [0.1, 0.15) is 51.0 Å². The van der Waals surface area contributed by atoms with Gasteiger partial charge in [-0.15, -0.1) is 0 Å². The van der Waals surface area contributed by atoms with Crippen molar-refractivity contribution in [1.29, 1.82) is 0 Å². The van der Waals surface area contributed by atoms with Gasteiger partial charge in [0.2, 0.25) is 0 Å². The van der Waals surface area contributed by atoms with Gasteiger partial charge in [0.25, 0.3) is 0 Å². The van der Waals surface area contributed by atoms with E-state index in [0.717, 1.165) is 44.6 Å². The molecule has 6 nitrogen and oxygen atoms in total. The van der Waals surface area contributed by atoms with Crippen molar-refractivity contribution < 1.29 is 41.7 Å². The summed E-state index contributed by atoms with van der Waals surface area (Å²) in [5.41, 5.74) is 0.958. The van der Waals surface area contributed by atoms with Gasteiger partial charge < -0.3 is 18.9 Å². The van der Waals surface area contributed by atoms with Crippen molar-refractivity contribution in [2.24, 2.45) is 0 Å². The Kier molecular flexibility index (Phi) is 12.7. The van der Waals surface area contributed by atoms with Crippen LogP contribution in [-0.4, -0.2) is 45.0 Å². The summed E-state index contributed by atoms with van der Waals surface area (Å²) in [7, 11) is 1.47. The minimum absolute atomic E-state index is 0.352. The molecule has 0 aliphatic carbocycles. The second kappa shape index (κ2) is 15.0. The number of hydrogen-bond acceptors (Lipinski definition) is 6. The number of carbonyl (C=O) groups is 2. The van der Waals surface area contributed by atoms with Gasteiger partial charge >= 0.3 is 18.1 Å². The van der Waals surface area contributed by atoms with Gasteiger partial charge in [0.1, 0.15) is 0 Å². The Labute approximate surface area is 192 Å². The first-order valence-corrected chi connectivity index (χ1v) is 10.7. The molecule has 1 aromatic carbocycles. The fourth-order valence-electron chi connectivity index (χ4n) is 2.65. The molecule has 0 spiro atoms. The molecule has 0 aliphatic rings. The van der Waals surface area contributed by atoms with Gasteiger partial charge in [-0.1, -0.05) is 38.3 Å². The third-order valence-corrected chi connectivity index (χ3v) is 4.36. The first-order valence-electron chi connectivity index (χ1n) is 10.7. The van der Waals surface area contributed by atoms with Gasteiger partial charge in [0, 0.05) is 11.6 Å². The highest BCUT2D eigenvalue weighted by molar-refractivity contribution is 5.87. The summed E-state index contributed by atoms with van der Waals surface area (Å²) in [5.74, 6) is -0.451. The zero-order valence-electron chi connectivity index (χ0n) is 19.0. The maximum atomic E-state index is 12.1. The summed E-state index contributed by atoms with van der Waals surface area (Å²) in [6.07, 6.45) is 3.45. The van der Waals surface area contributed by atoms with Crippen LogP contribution in [0, 0.1) is 0 Å². The lowest BCUT2D eigenvalue weighted by molar-refractivity contribution is -0.182. The lowest BCUT2D eigenvalue weighted by atomic mass is 10.1. The lowest BCUT2D eigenvalue weighted by Gasteiger charge is -2.11. The zero-order valence-corrected chi connectivity index (χ0v) is 19.0. The van der Waals surface area contributed by atoms with E-state index >= 15 is 0 Å². The van der Waals surface area contributed by atoms with Gasteiger partial charge in [-0.2, -0.15) is 13.2 Å². The summed E-state index contributed by atoms with van der Waals surface area (Å²) in [6.45, 7) is 4.44. The number of halogens is 3. The van der Waals surface area contributed by atoms with Crippen molar-refractivity contribution in [2.75, 3.05) is 26.9 Å². The highest BCUT2D eigenvalue weighted by atomic mass is 19.4. The summed E-state index contributed by atoms with van der Waals surface area (Å²) >= 11 is 0. The van der Waals surface area contributed by atoms with Gasteiger partial charge in [-0.05, 0) is 43.5 Å². The molecule has 9 heteroatoms. The molecule has 0 saturated carbocycles. The largest absolute Gasteiger partial charge is 0.493 e. The molecule has 0 amide bonds. The molecule has 0 radical (unpaired) electrons. The van der Waals surface area contributed by atoms with Gasteiger partial charge in [-0.25, -0.2) is 9.59 Å². The predicted molar refractivity (Wildman–Crippen MR) is 118 cm³/mol. The van der Waals surface area contributed by atoms with E-state index in [1.165, 1.54) is 13.2 Å². The Morgan fingerprint density at radius 3 is 2.21 bits per heavy atom. The maximum absolute atomic E-state index is 12.1. The summed E-state index contributed by atoms with van der Waals surface area (Å²) in [4.78, 5) is 22.6. The highest BCUT2D eigenvalue weighted by Gasteiger charge is 2.29. The van der Waals surface area contributed by atoms with E-state index in [-0.39, 0.29) is 5.97 Å². The molecule has 0 aliphatic heterocycles. The third-order valence-electron chi connectivity index (χ3n) is 4.36. The molecule has 0 aromatic heterocycles. The van der Waals surface area contributed by atoms with Crippen LogP contribution in [0.15, 0.2) is 36.4 Å². The maximum Gasteiger partial charge on any atom is 0.422 e. The standard InChI is InChI=1S/C24H31F3O6/c1-18(2)23(29)32-15-9-7-5-4-6-8-14-31-20-12-10-19(16-21(20)30-3)11-13-22(28)33-17-24(25,26)27/h10-13,16H,1,4-9,14-15,17H2,2-3H3/b13-11+. The van der Waals surface area contributed by atoms with Gasteiger partial charge in [0.05, 0.1) is 20.3 Å². The van der Waals surface area contributed by atoms with E-state index in [4.69, 9.17) is 14.2 Å². The molecule has 0 heterocycles. The number of alkyl halides is 3. The van der Waals surface area contributed by atoms with E-state index in [2.05, 4.69) is 11.3 Å². The fourth-order valence-corrected chi connectivity index (χ4v) is 2.65. The van der Waals surface area contributed by atoms with Gasteiger partial charge in [0.15, 0.2) is 18.1 Å². The van der Waals surface area contributed by atoms with Crippen LogP contribution in [-0.2, 0) is 19.1 Å². The first-order chi connectivity index (χ1) is 15.6. The fraction of sp³-hybridized carbons (Fsp3) is 0.500. The van der Waals surface area contributed by atoms with Crippen molar-refractivity contribution >= 4 is 18.0 Å². The number of esters is 2.